The fraction of sp³-hybridized carbons (Fsp3) is 0.625. The Bertz CT molecular complexity index is 334. The molecule has 0 atom stereocenters. The summed E-state index contributed by atoms with van der Waals surface area (Å²) in [7, 11) is 0. The van der Waals surface area contributed by atoms with E-state index < -0.39 is 0 Å². The molecule has 0 amide bonds. The quantitative estimate of drug-likeness (QED) is 0.766. The van der Waals surface area contributed by atoms with Gasteiger partial charge in [0, 0.05) is 13.2 Å². The minimum Gasteiger partial charge on any atom is -0.394 e. The molecule has 2 rings (SSSR count). The number of hydrogen-bond donors (Lipinski definition) is 1. The number of rotatable bonds is 7. The smallest absolute Gasteiger partial charge is 0.0697 e. The topological polar surface area (TPSA) is 32.7 Å². The predicted molar refractivity (Wildman–Crippen MR) is 77.0 cm³/mol. The average molecular weight is 263 g/mol. The molecule has 1 N–H and O–H groups in total. The SMILES string of the molecule is OCCOCCC1CCN(Cc2ccccc2)CC1. The fourth-order valence-corrected chi connectivity index (χ4v) is 2.69. The summed E-state index contributed by atoms with van der Waals surface area (Å²) in [5.74, 6) is 0.797. The first-order valence-electron chi connectivity index (χ1n) is 7.33. The molecule has 0 saturated carbocycles. The van der Waals surface area contributed by atoms with E-state index in [9.17, 15) is 0 Å². The lowest BCUT2D eigenvalue weighted by Crippen LogP contribution is -2.33. The van der Waals surface area contributed by atoms with Gasteiger partial charge >= 0.3 is 0 Å². The van der Waals surface area contributed by atoms with E-state index in [0.717, 1.165) is 25.5 Å². The van der Waals surface area contributed by atoms with Crippen LogP contribution in [0.4, 0.5) is 0 Å². The second-order valence-corrected chi connectivity index (χ2v) is 5.33. The van der Waals surface area contributed by atoms with Gasteiger partial charge in [0.2, 0.25) is 0 Å². The van der Waals surface area contributed by atoms with Crippen molar-refractivity contribution >= 4 is 0 Å². The highest BCUT2D eigenvalue weighted by molar-refractivity contribution is 5.14. The van der Waals surface area contributed by atoms with Crippen LogP contribution in [0.3, 0.4) is 0 Å². The summed E-state index contributed by atoms with van der Waals surface area (Å²) >= 11 is 0. The molecular weight excluding hydrogens is 238 g/mol. The minimum atomic E-state index is 0.134. The molecule has 1 heterocycles. The first-order valence-corrected chi connectivity index (χ1v) is 7.33. The molecule has 19 heavy (non-hydrogen) atoms. The number of nitrogens with zero attached hydrogens (tertiary/aromatic N) is 1. The summed E-state index contributed by atoms with van der Waals surface area (Å²) in [6.45, 7) is 4.87. The Morgan fingerprint density at radius 1 is 1.11 bits per heavy atom. The van der Waals surface area contributed by atoms with Crippen molar-refractivity contribution in [3.05, 3.63) is 35.9 Å². The lowest BCUT2D eigenvalue weighted by atomic mass is 9.93. The summed E-state index contributed by atoms with van der Waals surface area (Å²) < 4.78 is 5.34. The van der Waals surface area contributed by atoms with Crippen LogP contribution in [0.15, 0.2) is 30.3 Å². The van der Waals surface area contributed by atoms with E-state index in [1.165, 1.54) is 31.5 Å². The molecule has 0 bridgehead atoms. The zero-order chi connectivity index (χ0) is 13.3. The van der Waals surface area contributed by atoms with Gasteiger partial charge in [-0.25, -0.2) is 0 Å². The van der Waals surface area contributed by atoms with Gasteiger partial charge in [-0.3, -0.25) is 4.90 Å². The summed E-state index contributed by atoms with van der Waals surface area (Å²) in [6.07, 6.45) is 3.68. The van der Waals surface area contributed by atoms with E-state index in [1.54, 1.807) is 0 Å². The molecule has 106 valence electrons. The molecule has 0 aliphatic carbocycles. The van der Waals surface area contributed by atoms with Gasteiger partial charge in [-0.1, -0.05) is 30.3 Å². The molecule has 3 heteroatoms. The van der Waals surface area contributed by atoms with Gasteiger partial charge in [-0.15, -0.1) is 0 Å². The maximum Gasteiger partial charge on any atom is 0.0697 e. The molecule has 0 spiro atoms. The number of piperidine rings is 1. The molecular formula is C16H25NO2. The molecule has 1 fully saturated rings. The predicted octanol–water partition coefficient (Wildman–Crippen LogP) is 2.30. The number of likely N-dealkylation sites (tertiary alicyclic amines) is 1. The number of hydrogen-bond acceptors (Lipinski definition) is 3. The highest BCUT2D eigenvalue weighted by atomic mass is 16.5. The standard InChI is InChI=1S/C16H25NO2/c18-11-13-19-12-8-15-6-9-17(10-7-15)14-16-4-2-1-3-5-16/h1-5,15,18H,6-14H2. The second kappa shape index (κ2) is 8.31. The Kier molecular flexibility index (Phi) is 6.34. The van der Waals surface area contributed by atoms with Gasteiger partial charge in [-0.05, 0) is 43.8 Å². The van der Waals surface area contributed by atoms with Gasteiger partial charge in [0.1, 0.15) is 0 Å². The van der Waals surface area contributed by atoms with Crippen LogP contribution in [0.2, 0.25) is 0 Å². The third-order valence-corrected chi connectivity index (χ3v) is 3.86. The first-order chi connectivity index (χ1) is 9.38. The number of ether oxygens (including phenoxy) is 1. The summed E-state index contributed by atoms with van der Waals surface area (Å²) in [5, 5.41) is 8.65. The van der Waals surface area contributed by atoms with Crippen molar-refractivity contribution in [2.24, 2.45) is 5.92 Å². The number of aliphatic hydroxyl groups excluding tert-OH is 1. The monoisotopic (exact) mass is 263 g/mol. The summed E-state index contributed by atoms with van der Waals surface area (Å²) in [4.78, 5) is 2.54. The maximum atomic E-state index is 8.65. The maximum absolute atomic E-state index is 8.65. The molecule has 0 radical (unpaired) electrons. The Morgan fingerprint density at radius 3 is 2.53 bits per heavy atom. The van der Waals surface area contributed by atoms with Crippen molar-refractivity contribution in [3.63, 3.8) is 0 Å². The van der Waals surface area contributed by atoms with Crippen LogP contribution in [0.25, 0.3) is 0 Å². The van der Waals surface area contributed by atoms with Gasteiger partial charge in [0.25, 0.3) is 0 Å². The van der Waals surface area contributed by atoms with Gasteiger partial charge in [0.15, 0.2) is 0 Å². The van der Waals surface area contributed by atoms with E-state index in [0.29, 0.717) is 6.61 Å². The van der Waals surface area contributed by atoms with Crippen LogP contribution < -0.4 is 0 Å². The minimum absolute atomic E-state index is 0.134. The number of benzene rings is 1. The second-order valence-electron chi connectivity index (χ2n) is 5.33. The van der Waals surface area contributed by atoms with Crippen molar-refractivity contribution in [2.45, 2.75) is 25.8 Å². The van der Waals surface area contributed by atoms with Gasteiger partial charge in [-0.2, -0.15) is 0 Å². The lowest BCUT2D eigenvalue weighted by Gasteiger charge is -2.32. The molecule has 3 nitrogen and oxygen atoms in total. The first kappa shape index (κ1) is 14.5. The van der Waals surface area contributed by atoms with E-state index in [2.05, 4.69) is 35.2 Å². The largest absolute Gasteiger partial charge is 0.394 e. The molecule has 0 unspecified atom stereocenters. The van der Waals surface area contributed by atoms with E-state index in [-0.39, 0.29) is 6.61 Å². The third kappa shape index (κ3) is 5.31. The van der Waals surface area contributed by atoms with Crippen LogP contribution >= 0.6 is 0 Å². The highest BCUT2D eigenvalue weighted by Crippen LogP contribution is 2.21. The highest BCUT2D eigenvalue weighted by Gasteiger charge is 2.18. The van der Waals surface area contributed by atoms with Crippen LogP contribution in [0.5, 0.6) is 0 Å². The summed E-state index contributed by atoms with van der Waals surface area (Å²) in [6, 6.07) is 10.7. The van der Waals surface area contributed by atoms with Crippen LogP contribution in [-0.2, 0) is 11.3 Å². The third-order valence-electron chi connectivity index (χ3n) is 3.86. The Labute approximate surface area is 116 Å². The molecule has 1 aliphatic heterocycles. The van der Waals surface area contributed by atoms with Crippen LogP contribution in [0.1, 0.15) is 24.8 Å². The Morgan fingerprint density at radius 2 is 1.84 bits per heavy atom. The zero-order valence-electron chi connectivity index (χ0n) is 11.6. The van der Waals surface area contributed by atoms with Crippen LogP contribution in [-0.4, -0.2) is 42.9 Å². The van der Waals surface area contributed by atoms with Crippen molar-refractivity contribution in [1.29, 1.82) is 0 Å². The van der Waals surface area contributed by atoms with Crippen molar-refractivity contribution in [3.8, 4) is 0 Å². The zero-order valence-corrected chi connectivity index (χ0v) is 11.6. The van der Waals surface area contributed by atoms with Gasteiger partial charge < -0.3 is 9.84 Å². The summed E-state index contributed by atoms with van der Waals surface area (Å²) in [5.41, 5.74) is 1.41. The normalized spacial score (nSPS) is 17.7. The van der Waals surface area contributed by atoms with E-state index in [4.69, 9.17) is 9.84 Å². The molecule has 1 aromatic rings. The Balaban J connectivity index is 1.62. The van der Waals surface area contributed by atoms with Gasteiger partial charge in [0.05, 0.1) is 13.2 Å². The average Bonchev–Trinajstić information content (AvgIpc) is 2.46. The lowest BCUT2D eigenvalue weighted by molar-refractivity contribution is 0.0729. The van der Waals surface area contributed by atoms with Crippen molar-refractivity contribution in [2.75, 3.05) is 32.9 Å². The van der Waals surface area contributed by atoms with E-state index >= 15 is 0 Å². The van der Waals surface area contributed by atoms with Crippen molar-refractivity contribution in [1.82, 2.24) is 4.90 Å². The molecule has 1 aromatic carbocycles. The van der Waals surface area contributed by atoms with Crippen molar-refractivity contribution < 1.29 is 9.84 Å². The number of aliphatic hydroxyl groups is 1. The molecule has 1 saturated heterocycles. The van der Waals surface area contributed by atoms with Crippen LogP contribution in [0, 0.1) is 5.92 Å². The molecule has 1 aliphatic rings. The fourth-order valence-electron chi connectivity index (χ4n) is 2.69. The Hall–Kier alpha value is -0.900. The van der Waals surface area contributed by atoms with E-state index in [1.807, 2.05) is 0 Å². The molecule has 0 aromatic heterocycles.